The Morgan fingerprint density at radius 1 is 1.37 bits per heavy atom. The summed E-state index contributed by atoms with van der Waals surface area (Å²) in [6.07, 6.45) is 7.28. The fourth-order valence-electron chi connectivity index (χ4n) is 4.22. The van der Waals surface area contributed by atoms with Gasteiger partial charge in [0.05, 0.1) is 0 Å². The molecule has 0 aromatic carbocycles. The topological polar surface area (TPSA) is 29.3 Å². The first-order valence-corrected chi connectivity index (χ1v) is 9.08. The van der Waals surface area contributed by atoms with E-state index in [4.69, 9.17) is 5.73 Å². The Kier molecular flexibility index (Phi) is 6.22. The van der Waals surface area contributed by atoms with Gasteiger partial charge in [0.1, 0.15) is 0 Å². The van der Waals surface area contributed by atoms with Crippen molar-refractivity contribution in [2.24, 2.45) is 17.1 Å². The van der Waals surface area contributed by atoms with Crippen LogP contribution in [0.2, 0.25) is 0 Å². The fraction of sp³-hybridized carbons (Fsp3) is 1.00. The molecule has 114 valence electrons. The molecule has 0 radical (unpaired) electrons. The standard InChI is InChI=1S/C16H34N2S/c1-13-9-15(3,4)11-16(10-13,12-17)18(5)14(2)7-8-19-6/h13-14H,7-12,17H2,1-6H3. The summed E-state index contributed by atoms with van der Waals surface area (Å²) in [5.74, 6) is 2.02. The molecule has 3 heteroatoms. The zero-order valence-corrected chi connectivity index (χ0v) is 14.6. The van der Waals surface area contributed by atoms with Crippen molar-refractivity contribution < 1.29 is 0 Å². The number of likely N-dealkylation sites (N-methyl/N-ethyl adjacent to an activating group) is 1. The summed E-state index contributed by atoms with van der Waals surface area (Å²) in [5.41, 5.74) is 6.87. The molecule has 0 aliphatic heterocycles. The summed E-state index contributed by atoms with van der Waals surface area (Å²) in [5, 5.41) is 0. The minimum atomic E-state index is 0.207. The number of thioether (sulfide) groups is 1. The van der Waals surface area contributed by atoms with Crippen LogP contribution in [-0.4, -0.2) is 42.1 Å². The first kappa shape index (κ1) is 17.3. The highest BCUT2D eigenvalue weighted by atomic mass is 32.2. The van der Waals surface area contributed by atoms with E-state index < -0.39 is 0 Å². The van der Waals surface area contributed by atoms with Gasteiger partial charge in [0, 0.05) is 18.1 Å². The second-order valence-electron chi connectivity index (χ2n) is 7.52. The molecule has 3 unspecified atom stereocenters. The smallest absolute Gasteiger partial charge is 0.0339 e. The highest BCUT2D eigenvalue weighted by Gasteiger charge is 2.45. The number of rotatable bonds is 6. The minimum absolute atomic E-state index is 0.207. The molecule has 0 amide bonds. The summed E-state index contributed by atoms with van der Waals surface area (Å²) in [6, 6.07) is 0.622. The lowest BCUT2D eigenvalue weighted by atomic mass is 9.63. The van der Waals surface area contributed by atoms with E-state index in [2.05, 4.69) is 45.9 Å². The van der Waals surface area contributed by atoms with Gasteiger partial charge in [-0.25, -0.2) is 0 Å². The van der Waals surface area contributed by atoms with E-state index in [1.807, 2.05) is 11.8 Å². The summed E-state index contributed by atoms with van der Waals surface area (Å²) in [7, 11) is 2.30. The van der Waals surface area contributed by atoms with Crippen molar-refractivity contribution in [1.82, 2.24) is 4.90 Å². The van der Waals surface area contributed by atoms with Gasteiger partial charge < -0.3 is 5.73 Å². The third-order valence-electron chi connectivity index (χ3n) is 4.97. The Morgan fingerprint density at radius 2 is 2.00 bits per heavy atom. The number of hydrogen-bond acceptors (Lipinski definition) is 3. The first-order valence-electron chi connectivity index (χ1n) is 7.68. The molecule has 0 aromatic heterocycles. The molecule has 1 fully saturated rings. The molecule has 2 nitrogen and oxygen atoms in total. The Labute approximate surface area is 124 Å². The maximum Gasteiger partial charge on any atom is 0.0339 e. The summed E-state index contributed by atoms with van der Waals surface area (Å²) in [6.45, 7) is 10.4. The van der Waals surface area contributed by atoms with Gasteiger partial charge in [0.25, 0.3) is 0 Å². The number of nitrogens with zero attached hydrogens (tertiary/aromatic N) is 1. The molecule has 0 aromatic rings. The van der Waals surface area contributed by atoms with Crippen LogP contribution in [0, 0.1) is 11.3 Å². The SMILES string of the molecule is CSCCC(C)N(C)C1(CN)CC(C)CC(C)(C)C1. The average molecular weight is 287 g/mol. The largest absolute Gasteiger partial charge is 0.329 e. The zero-order chi connectivity index (χ0) is 14.7. The first-order chi connectivity index (χ1) is 8.76. The predicted molar refractivity (Wildman–Crippen MR) is 88.8 cm³/mol. The van der Waals surface area contributed by atoms with Crippen molar-refractivity contribution >= 4 is 11.8 Å². The van der Waals surface area contributed by atoms with E-state index in [-0.39, 0.29) is 5.54 Å². The van der Waals surface area contributed by atoms with Crippen LogP contribution in [0.5, 0.6) is 0 Å². The van der Waals surface area contributed by atoms with Crippen molar-refractivity contribution in [3.05, 3.63) is 0 Å². The van der Waals surface area contributed by atoms with Crippen LogP contribution in [0.1, 0.15) is 53.4 Å². The van der Waals surface area contributed by atoms with E-state index in [0.29, 0.717) is 11.5 Å². The molecule has 1 saturated carbocycles. The summed E-state index contributed by atoms with van der Waals surface area (Å²) < 4.78 is 0. The van der Waals surface area contributed by atoms with Gasteiger partial charge in [0.15, 0.2) is 0 Å². The van der Waals surface area contributed by atoms with Crippen LogP contribution in [0.4, 0.5) is 0 Å². The summed E-state index contributed by atoms with van der Waals surface area (Å²) >= 11 is 1.94. The Bertz CT molecular complexity index is 280. The monoisotopic (exact) mass is 286 g/mol. The Hall–Kier alpha value is 0.270. The van der Waals surface area contributed by atoms with Gasteiger partial charge in [-0.2, -0.15) is 11.8 Å². The molecule has 0 spiro atoms. The van der Waals surface area contributed by atoms with Gasteiger partial charge in [-0.3, -0.25) is 4.90 Å². The van der Waals surface area contributed by atoms with Crippen molar-refractivity contribution in [2.75, 3.05) is 25.6 Å². The average Bonchev–Trinajstić information content (AvgIpc) is 2.32. The number of nitrogens with two attached hydrogens (primary N) is 1. The second-order valence-corrected chi connectivity index (χ2v) is 8.51. The second kappa shape index (κ2) is 6.82. The molecule has 3 atom stereocenters. The molecule has 1 aliphatic rings. The van der Waals surface area contributed by atoms with Crippen LogP contribution in [0.3, 0.4) is 0 Å². The Balaban J connectivity index is 2.83. The molecule has 0 heterocycles. The van der Waals surface area contributed by atoms with Gasteiger partial charge in [-0.1, -0.05) is 20.8 Å². The van der Waals surface area contributed by atoms with Crippen LogP contribution in [0.25, 0.3) is 0 Å². The lowest BCUT2D eigenvalue weighted by molar-refractivity contribution is -0.0165. The van der Waals surface area contributed by atoms with Crippen molar-refractivity contribution in [2.45, 2.75) is 65.0 Å². The molecular weight excluding hydrogens is 252 g/mol. The third kappa shape index (κ3) is 4.37. The van der Waals surface area contributed by atoms with Gasteiger partial charge in [-0.15, -0.1) is 0 Å². The van der Waals surface area contributed by atoms with Crippen molar-refractivity contribution in [3.63, 3.8) is 0 Å². The highest BCUT2D eigenvalue weighted by molar-refractivity contribution is 7.98. The minimum Gasteiger partial charge on any atom is -0.329 e. The highest BCUT2D eigenvalue weighted by Crippen LogP contribution is 2.46. The molecule has 0 saturated heterocycles. The Morgan fingerprint density at radius 3 is 2.47 bits per heavy atom. The van der Waals surface area contributed by atoms with E-state index in [1.54, 1.807) is 0 Å². The van der Waals surface area contributed by atoms with E-state index in [1.165, 1.54) is 31.4 Å². The molecule has 1 aliphatic carbocycles. The maximum absolute atomic E-state index is 6.24. The molecule has 0 bridgehead atoms. The van der Waals surface area contributed by atoms with Gasteiger partial charge >= 0.3 is 0 Å². The molecule has 1 rings (SSSR count). The number of hydrogen-bond donors (Lipinski definition) is 1. The summed E-state index contributed by atoms with van der Waals surface area (Å²) in [4.78, 5) is 2.60. The van der Waals surface area contributed by atoms with Crippen LogP contribution < -0.4 is 5.73 Å². The van der Waals surface area contributed by atoms with Gasteiger partial charge in [-0.05, 0) is 63.0 Å². The zero-order valence-electron chi connectivity index (χ0n) is 13.8. The van der Waals surface area contributed by atoms with Crippen LogP contribution in [-0.2, 0) is 0 Å². The maximum atomic E-state index is 6.24. The molecular formula is C16H34N2S. The lowest BCUT2D eigenvalue weighted by Crippen LogP contribution is -2.60. The van der Waals surface area contributed by atoms with E-state index in [0.717, 1.165) is 12.5 Å². The van der Waals surface area contributed by atoms with Gasteiger partial charge in [0.2, 0.25) is 0 Å². The van der Waals surface area contributed by atoms with Crippen LogP contribution in [0.15, 0.2) is 0 Å². The van der Waals surface area contributed by atoms with E-state index in [9.17, 15) is 0 Å². The molecule has 2 N–H and O–H groups in total. The molecule has 19 heavy (non-hydrogen) atoms. The fourth-order valence-corrected chi connectivity index (χ4v) is 4.79. The third-order valence-corrected chi connectivity index (χ3v) is 5.61. The predicted octanol–water partition coefficient (Wildman–Crippen LogP) is 3.60. The van der Waals surface area contributed by atoms with Crippen molar-refractivity contribution in [1.29, 1.82) is 0 Å². The normalized spacial score (nSPS) is 32.5. The lowest BCUT2D eigenvalue weighted by Gasteiger charge is -2.53. The quantitative estimate of drug-likeness (QED) is 0.809. The van der Waals surface area contributed by atoms with E-state index >= 15 is 0 Å². The van der Waals surface area contributed by atoms with Crippen molar-refractivity contribution in [3.8, 4) is 0 Å². The van der Waals surface area contributed by atoms with Crippen LogP contribution >= 0.6 is 11.8 Å².